The quantitative estimate of drug-likeness (QED) is 0.0988. The fourth-order valence-electron chi connectivity index (χ4n) is 4.08. The molecule has 0 aliphatic heterocycles. The molecule has 194 valence electrons. The largest absolute Gasteiger partial charge is 2.00 e. The molecule has 1 nitrogen and oxygen atoms in total. The molecule has 0 spiro atoms. The molecule has 40 heavy (non-hydrogen) atoms. The van der Waals surface area contributed by atoms with Crippen LogP contribution in [-0.4, -0.2) is 5.78 Å². The van der Waals surface area contributed by atoms with Gasteiger partial charge in [0.05, 0.1) is 0 Å². The fourth-order valence-corrected chi connectivity index (χ4v) is 4.08. The summed E-state index contributed by atoms with van der Waals surface area (Å²) < 4.78 is 0. The Hall–Kier alpha value is -4.33. The van der Waals surface area contributed by atoms with E-state index in [-0.39, 0.29) is 39.9 Å². The van der Waals surface area contributed by atoms with Crippen molar-refractivity contribution in [3.8, 4) is 34.8 Å². The summed E-state index contributed by atoms with van der Waals surface area (Å²) >= 11 is 0. The Balaban J connectivity index is 0.000000310. The van der Waals surface area contributed by atoms with E-state index in [1.807, 2.05) is 146 Å². The van der Waals surface area contributed by atoms with Crippen LogP contribution in [0.15, 0.2) is 146 Å². The zero-order valence-electron chi connectivity index (χ0n) is 21.5. The summed E-state index contributed by atoms with van der Waals surface area (Å²) in [6, 6.07) is 47.4. The molecule has 0 radical (unpaired) electrons. The predicted molar refractivity (Wildman–Crippen MR) is 155 cm³/mol. The Morgan fingerprint density at radius 1 is 0.500 bits per heavy atom. The van der Waals surface area contributed by atoms with Gasteiger partial charge in [-0.2, -0.15) is 84.3 Å². The van der Waals surface area contributed by atoms with E-state index in [1.54, 1.807) is 0 Å². The van der Waals surface area contributed by atoms with E-state index in [4.69, 9.17) is 0 Å². The van der Waals surface area contributed by atoms with Gasteiger partial charge < -0.3 is 0 Å². The van der Waals surface area contributed by atoms with Gasteiger partial charge in [-0.3, -0.25) is 4.79 Å². The van der Waals surface area contributed by atoms with Gasteiger partial charge in [0, 0.05) is 11.1 Å². The van der Waals surface area contributed by atoms with Gasteiger partial charge in [0.1, 0.15) is 0 Å². The molecule has 6 aromatic carbocycles. The number of carbonyl (C=O) groups is 1. The molecule has 1 aliphatic rings. The second kappa shape index (κ2) is 15.3. The maximum atomic E-state index is 13.0. The van der Waals surface area contributed by atoms with Crippen LogP contribution >= 0.6 is 0 Å². The average molecular weight is 596 g/mol. The molecule has 6 aromatic rings. The molecule has 0 fully saturated rings. The number of hydrogen-bond donors (Lipinski definition) is 0. The maximum Gasteiger partial charge on any atom is 2.00 e. The minimum absolute atomic E-state index is 0. The molecule has 0 atom stereocenters. The Labute approximate surface area is 257 Å². The number of carbonyl (C=O) groups excluding carboxylic acids is 1. The predicted octanol–water partition coefficient (Wildman–Crippen LogP) is 7.94. The monoisotopic (exact) mass is 596 g/mol. The van der Waals surface area contributed by atoms with Crippen molar-refractivity contribution in [2.24, 2.45) is 0 Å². The minimum atomic E-state index is 0. The van der Waals surface area contributed by atoms with Gasteiger partial charge in [0.2, 0.25) is 0 Å². The molecule has 0 amide bonds. The topological polar surface area (TPSA) is 17.1 Å². The summed E-state index contributed by atoms with van der Waals surface area (Å²) in [5, 5.41) is 0. The molecule has 3 heteroatoms. The van der Waals surface area contributed by atoms with Crippen molar-refractivity contribution in [1.82, 2.24) is 0 Å². The fraction of sp³-hybridized carbons (Fsp3) is 0. The third kappa shape index (κ3) is 7.85. The number of fused-ring (bicyclic) bond motifs is 3. The SMILES string of the molecule is O=C1c2cc(C#C[c-]3cccc3)ccc2-c2ccc(C#C[c-]3cccc3)cc21.[Fe+2].[Fe+2].c1cc[cH-]c1.c1cc[cH-]c1. The molecule has 0 saturated heterocycles. The number of hydrogen-bond acceptors (Lipinski definition) is 1. The Morgan fingerprint density at radius 3 is 1.20 bits per heavy atom. The summed E-state index contributed by atoms with van der Waals surface area (Å²) in [6.07, 6.45) is 0. The normalized spacial score (nSPS) is 9.75. The average Bonchev–Trinajstić information content (AvgIpc) is 3.80. The molecular formula is C37H24Fe2O. The van der Waals surface area contributed by atoms with E-state index in [0.717, 1.165) is 33.4 Å². The zero-order chi connectivity index (χ0) is 26.0. The third-order valence-corrected chi connectivity index (χ3v) is 5.96. The van der Waals surface area contributed by atoms with Crippen molar-refractivity contribution in [2.75, 3.05) is 0 Å². The van der Waals surface area contributed by atoms with Crippen LogP contribution in [0.5, 0.6) is 0 Å². The van der Waals surface area contributed by atoms with Crippen molar-refractivity contribution in [1.29, 1.82) is 0 Å². The summed E-state index contributed by atoms with van der Waals surface area (Å²) in [7, 11) is 0. The summed E-state index contributed by atoms with van der Waals surface area (Å²) in [6.45, 7) is 0. The first-order valence-corrected chi connectivity index (χ1v) is 12.4. The molecule has 0 bridgehead atoms. The van der Waals surface area contributed by atoms with E-state index in [2.05, 4.69) is 23.7 Å². The molecule has 0 aromatic heterocycles. The minimum Gasteiger partial charge on any atom is -0.289 e. The first-order valence-electron chi connectivity index (χ1n) is 12.4. The molecule has 0 unspecified atom stereocenters. The first kappa shape index (κ1) is 30.2. The van der Waals surface area contributed by atoms with Crippen LogP contribution in [0.4, 0.5) is 0 Å². The summed E-state index contributed by atoms with van der Waals surface area (Å²) in [5.74, 6) is 12.6. The van der Waals surface area contributed by atoms with E-state index < -0.39 is 0 Å². The molecule has 0 heterocycles. The van der Waals surface area contributed by atoms with E-state index >= 15 is 0 Å². The van der Waals surface area contributed by atoms with E-state index in [9.17, 15) is 4.79 Å². The Bertz CT molecular complexity index is 1550. The molecule has 0 N–H and O–H groups in total. The zero-order valence-corrected chi connectivity index (χ0v) is 23.7. The van der Waals surface area contributed by atoms with Gasteiger partial charge in [0.15, 0.2) is 5.78 Å². The molecule has 1 aliphatic carbocycles. The second-order valence-corrected chi connectivity index (χ2v) is 8.62. The summed E-state index contributed by atoms with van der Waals surface area (Å²) in [4.78, 5) is 13.0. The van der Waals surface area contributed by atoms with Crippen LogP contribution in [0.1, 0.15) is 38.2 Å². The van der Waals surface area contributed by atoms with Gasteiger partial charge >= 0.3 is 34.1 Å². The Kier molecular flexibility index (Phi) is 11.6. The smallest absolute Gasteiger partial charge is 0.289 e. The van der Waals surface area contributed by atoms with E-state index in [0.29, 0.717) is 11.1 Å². The molecule has 7 rings (SSSR count). The van der Waals surface area contributed by atoms with E-state index in [1.165, 1.54) is 0 Å². The number of benzene rings is 2. The standard InChI is InChI=1S/C27H14O.2C5H5.2Fe/c28-27-25-17-21(11-9-19-5-1-2-6-19)13-15-23(25)24-16-14-22(18-26(24)27)12-10-20-7-3-4-8-20;2*1-2-4-5-3-1;;/h1-8,13-18H;2*1-5H;;/q-2;2*-1;2*+2. The van der Waals surface area contributed by atoms with Crippen molar-refractivity contribution in [3.63, 3.8) is 0 Å². The van der Waals surface area contributed by atoms with Crippen LogP contribution in [0, 0.1) is 23.7 Å². The van der Waals surface area contributed by atoms with Crippen LogP contribution < -0.4 is 0 Å². The second-order valence-electron chi connectivity index (χ2n) is 8.62. The van der Waals surface area contributed by atoms with Gasteiger partial charge in [-0.25, -0.2) is 24.3 Å². The van der Waals surface area contributed by atoms with Crippen molar-refractivity contribution in [2.45, 2.75) is 0 Å². The van der Waals surface area contributed by atoms with Gasteiger partial charge in [-0.05, 0) is 34.4 Å². The first-order chi connectivity index (χ1) is 18.8. The van der Waals surface area contributed by atoms with Gasteiger partial charge in [-0.1, -0.05) is 35.4 Å². The third-order valence-electron chi connectivity index (χ3n) is 5.96. The maximum absolute atomic E-state index is 13.0. The summed E-state index contributed by atoms with van der Waals surface area (Å²) in [5.41, 5.74) is 7.00. The van der Waals surface area contributed by atoms with Crippen LogP contribution in [0.25, 0.3) is 11.1 Å². The Morgan fingerprint density at radius 2 is 0.875 bits per heavy atom. The van der Waals surface area contributed by atoms with Crippen molar-refractivity contribution in [3.05, 3.63) is 179 Å². The molecule has 0 saturated carbocycles. The van der Waals surface area contributed by atoms with Gasteiger partial charge in [0.25, 0.3) is 0 Å². The van der Waals surface area contributed by atoms with Gasteiger partial charge in [-0.15, -0.1) is 24.3 Å². The van der Waals surface area contributed by atoms with Crippen LogP contribution in [0.3, 0.4) is 0 Å². The number of ketones is 1. The number of rotatable bonds is 0. The van der Waals surface area contributed by atoms with Crippen molar-refractivity contribution >= 4 is 5.78 Å². The molecular weight excluding hydrogens is 572 g/mol. The van der Waals surface area contributed by atoms with Crippen molar-refractivity contribution < 1.29 is 38.9 Å². The van der Waals surface area contributed by atoms with Crippen LogP contribution in [0.2, 0.25) is 0 Å². The van der Waals surface area contributed by atoms with Crippen LogP contribution in [-0.2, 0) is 34.1 Å².